The molecular weight excluding hydrogens is 194 g/mol. The van der Waals surface area contributed by atoms with Crippen LogP contribution in [0.3, 0.4) is 0 Å². The van der Waals surface area contributed by atoms with Crippen LogP contribution in [0.25, 0.3) is 0 Å². The number of nitrogens with zero attached hydrogens (tertiary/aromatic N) is 1. The minimum absolute atomic E-state index is 0.204. The van der Waals surface area contributed by atoms with E-state index in [1.165, 1.54) is 7.11 Å². The van der Waals surface area contributed by atoms with Crippen LogP contribution < -0.4 is 0 Å². The first-order valence-corrected chi connectivity index (χ1v) is 5.35. The molecule has 15 heavy (non-hydrogen) atoms. The first-order valence-electron chi connectivity index (χ1n) is 5.35. The Morgan fingerprint density at radius 1 is 1.60 bits per heavy atom. The SMILES string of the molecule is COC(=O)[C@@]1(C)CCCN1CC(C)(C)O. The molecule has 88 valence electrons. The molecule has 0 aromatic heterocycles. The Bertz CT molecular complexity index is 247. The topological polar surface area (TPSA) is 49.8 Å². The lowest BCUT2D eigenvalue weighted by molar-refractivity contribution is -0.153. The molecule has 0 aliphatic carbocycles. The second-order valence-corrected chi connectivity index (χ2v) is 5.10. The first kappa shape index (κ1) is 12.5. The van der Waals surface area contributed by atoms with Crippen molar-refractivity contribution in [3.05, 3.63) is 0 Å². The standard InChI is InChI=1S/C11H21NO3/c1-10(2,14)8-12-7-5-6-11(12,3)9(13)15-4/h14H,5-8H2,1-4H3/t11-/m1/s1. The fourth-order valence-electron chi connectivity index (χ4n) is 2.19. The van der Waals surface area contributed by atoms with Crippen molar-refractivity contribution in [2.45, 2.75) is 44.8 Å². The van der Waals surface area contributed by atoms with Gasteiger partial charge in [-0.25, -0.2) is 0 Å². The van der Waals surface area contributed by atoms with Crippen LogP contribution in [-0.2, 0) is 9.53 Å². The smallest absolute Gasteiger partial charge is 0.325 e. The maximum absolute atomic E-state index is 11.7. The third kappa shape index (κ3) is 2.69. The van der Waals surface area contributed by atoms with Crippen molar-refractivity contribution >= 4 is 5.97 Å². The molecule has 0 unspecified atom stereocenters. The van der Waals surface area contributed by atoms with Crippen LogP contribution in [0.1, 0.15) is 33.6 Å². The monoisotopic (exact) mass is 215 g/mol. The summed E-state index contributed by atoms with van der Waals surface area (Å²) in [5, 5.41) is 9.77. The van der Waals surface area contributed by atoms with Gasteiger partial charge in [-0.15, -0.1) is 0 Å². The number of carbonyl (C=O) groups is 1. The van der Waals surface area contributed by atoms with Gasteiger partial charge >= 0.3 is 5.97 Å². The largest absolute Gasteiger partial charge is 0.468 e. The minimum Gasteiger partial charge on any atom is -0.468 e. The normalized spacial score (nSPS) is 28.1. The fourth-order valence-corrected chi connectivity index (χ4v) is 2.19. The van der Waals surface area contributed by atoms with Gasteiger partial charge in [-0.05, 0) is 40.2 Å². The van der Waals surface area contributed by atoms with Crippen molar-refractivity contribution in [2.75, 3.05) is 20.2 Å². The predicted molar refractivity (Wildman–Crippen MR) is 57.5 cm³/mol. The van der Waals surface area contributed by atoms with E-state index < -0.39 is 11.1 Å². The zero-order valence-electron chi connectivity index (χ0n) is 10.0. The van der Waals surface area contributed by atoms with Crippen LogP contribution in [0.15, 0.2) is 0 Å². The Balaban J connectivity index is 2.76. The molecule has 1 N–H and O–H groups in total. The maximum Gasteiger partial charge on any atom is 0.325 e. The van der Waals surface area contributed by atoms with Crippen LogP contribution in [0, 0.1) is 0 Å². The molecule has 1 saturated heterocycles. The van der Waals surface area contributed by atoms with Crippen molar-refractivity contribution in [1.82, 2.24) is 4.90 Å². The van der Waals surface area contributed by atoms with Crippen molar-refractivity contribution in [2.24, 2.45) is 0 Å². The van der Waals surface area contributed by atoms with Gasteiger partial charge in [0.2, 0.25) is 0 Å². The lowest BCUT2D eigenvalue weighted by Crippen LogP contribution is -2.53. The number of ether oxygens (including phenoxy) is 1. The molecule has 4 nitrogen and oxygen atoms in total. The highest BCUT2D eigenvalue weighted by Gasteiger charge is 2.45. The number of rotatable bonds is 3. The molecule has 1 rings (SSSR count). The van der Waals surface area contributed by atoms with E-state index in [-0.39, 0.29) is 5.97 Å². The Labute approximate surface area is 91.2 Å². The average molecular weight is 215 g/mol. The Kier molecular flexibility index (Phi) is 3.41. The molecule has 1 heterocycles. The van der Waals surface area contributed by atoms with E-state index in [2.05, 4.69) is 0 Å². The van der Waals surface area contributed by atoms with Crippen LogP contribution in [-0.4, -0.2) is 47.3 Å². The van der Waals surface area contributed by atoms with Crippen LogP contribution >= 0.6 is 0 Å². The molecule has 0 spiro atoms. The molecule has 0 amide bonds. The van der Waals surface area contributed by atoms with E-state index >= 15 is 0 Å². The molecule has 4 heteroatoms. The Hall–Kier alpha value is -0.610. The fraction of sp³-hybridized carbons (Fsp3) is 0.909. The minimum atomic E-state index is -0.778. The Morgan fingerprint density at radius 2 is 2.20 bits per heavy atom. The molecule has 0 saturated carbocycles. The molecule has 0 radical (unpaired) electrons. The van der Waals surface area contributed by atoms with E-state index in [0.29, 0.717) is 6.54 Å². The number of hydrogen-bond donors (Lipinski definition) is 1. The van der Waals surface area contributed by atoms with Gasteiger partial charge in [-0.3, -0.25) is 9.69 Å². The molecule has 1 fully saturated rings. The second-order valence-electron chi connectivity index (χ2n) is 5.10. The number of esters is 1. The summed E-state index contributed by atoms with van der Waals surface area (Å²) >= 11 is 0. The van der Waals surface area contributed by atoms with Crippen LogP contribution in [0.5, 0.6) is 0 Å². The summed E-state index contributed by atoms with van der Waals surface area (Å²) in [6.45, 7) is 6.73. The molecular formula is C11H21NO3. The maximum atomic E-state index is 11.7. The summed E-state index contributed by atoms with van der Waals surface area (Å²) in [6, 6.07) is 0. The predicted octanol–water partition coefficient (Wildman–Crippen LogP) is 0.785. The number of hydrogen-bond acceptors (Lipinski definition) is 4. The average Bonchev–Trinajstić information content (AvgIpc) is 2.45. The summed E-state index contributed by atoms with van der Waals surface area (Å²) in [5.41, 5.74) is -1.34. The van der Waals surface area contributed by atoms with Gasteiger partial charge in [0, 0.05) is 6.54 Å². The van der Waals surface area contributed by atoms with E-state index in [1.807, 2.05) is 11.8 Å². The molecule has 1 atom stereocenters. The van der Waals surface area contributed by atoms with Crippen LogP contribution in [0.4, 0.5) is 0 Å². The highest BCUT2D eigenvalue weighted by Crippen LogP contribution is 2.31. The number of β-amino-alcohol motifs (C(OH)–C–C–N with tert-alkyl or cyclic N) is 1. The zero-order chi connectivity index (χ0) is 11.7. The highest BCUT2D eigenvalue weighted by molar-refractivity contribution is 5.80. The quantitative estimate of drug-likeness (QED) is 0.707. The lowest BCUT2D eigenvalue weighted by atomic mass is 9.97. The van der Waals surface area contributed by atoms with Crippen LogP contribution in [0.2, 0.25) is 0 Å². The number of methoxy groups -OCH3 is 1. The molecule has 0 aromatic carbocycles. The summed E-state index contributed by atoms with van der Waals surface area (Å²) < 4.78 is 4.82. The van der Waals surface area contributed by atoms with Gasteiger partial charge in [0.1, 0.15) is 5.54 Å². The number of aliphatic hydroxyl groups is 1. The third-order valence-electron chi connectivity index (χ3n) is 2.99. The molecule has 0 aromatic rings. The molecule has 1 aliphatic rings. The molecule has 0 bridgehead atoms. The number of likely N-dealkylation sites (tertiary alicyclic amines) is 1. The summed E-state index contributed by atoms with van der Waals surface area (Å²) in [6.07, 6.45) is 1.78. The van der Waals surface area contributed by atoms with Crippen molar-refractivity contribution in [1.29, 1.82) is 0 Å². The van der Waals surface area contributed by atoms with Gasteiger partial charge in [0.15, 0.2) is 0 Å². The van der Waals surface area contributed by atoms with Crippen molar-refractivity contribution in [3.8, 4) is 0 Å². The molecule has 1 aliphatic heterocycles. The van der Waals surface area contributed by atoms with E-state index in [0.717, 1.165) is 19.4 Å². The second kappa shape index (κ2) is 4.10. The van der Waals surface area contributed by atoms with Gasteiger partial charge in [-0.1, -0.05) is 0 Å². The summed E-state index contributed by atoms with van der Waals surface area (Å²) in [5.74, 6) is -0.204. The highest BCUT2D eigenvalue weighted by atomic mass is 16.5. The summed E-state index contributed by atoms with van der Waals surface area (Å²) in [4.78, 5) is 13.7. The van der Waals surface area contributed by atoms with E-state index in [9.17, 15) is 9.90 Å². The van der Waals surface area contributed by atoms with E-state index in [1.54, 1.807) is 13.8 Å². The zero-order valence-corrected chi connectivity index (χ0v) is 10.0. The van der Waals surface area contributed by atoms with Crippen molar-refractivity contribution < 1.29 is 14.6 Å². The lowest BCUT2D eigenvalue weighted by Gasteiger charge is -2.36. The van der Waals surface area contributed by atoms with Gasteiger partial charge < -0.3 is 9.84 Å². The van der Waals surface area contributed by atoms with Gasteiger partial charge in [-0.2, -0.15) is 0 Å². The van der Waals surface area contributed by atoms with Crippen molar-refractivity contribution in [3.63, 3.8) is 0 Å². The number of carbonyl (C=O) groups excluding carboxylic acids is 1. The van der Waals surface area contributed by atoms with Gasteiger partial charge in [0.05, 0.1) is 12.7 Å². The van der Waals surface area contributed by atoms with E-state index in [4.69, 9.17) is 4.74 Å². The summed E-state index contributed by atoms with van der Waals surface area (Å²) in [7, 11) is 1.41. The van der Waals surface area contributed by atoms with Gasteiger partial charge in [0.25, 0.3) is 0 Å². The third-order valence-corrected chi connectivity index (χ3v) is 2.99. The Morgan fingerprint density at radius 3 is 2.67 bits per heavy atom. The first-order chi connectivity index (χ1) is 6.79.